The van der Waals surface area contributed by atoms with Crippen molar-refractivity contribution in [3.8, 4) is 0 Å². The molecule has 0 aliphatic rings. The lowest BCUT2D eigenvalue weighted by Gasteiger charge is -2.12. The van der Waals surface area contributed by atoms with Gasteiger partial charge in [0.15, 0.2) is 0 Å². The molecule has 8 heteroatoms. The van der Waals surface area contributed by atoms with E-state index >= 15 is 0 Å². The number of nitrogen functional groups attached to an aromatic ring is 1. The molecule has 0 atom stereocenters. The van der Waals surface area contributed by atoms with E-state index < -0.39 is 15.8 Å². The van der Waals surface area contributed by atoms with Gasteiger partial charge in [-0.1, -0.05) is 23.2 Å². The first-order valence-electron chi connectivity index (χ1n) is 5.74. The summed E-state index contributed by atoms with van der Waals surface area (Å²) >= 11 is 11.7. The zero-order chi connectivity index (χ0) is 15.8. The number of sulfonamides is 1. The number of halogens is 3. The Kier molecular flexibility index (Phi) is 4.32. The summed E-state index contributed by atoms with van der Waals surface area (Å²) in [7, 11) is -4.00. The van der Waals surface area contributed by atoms with Crippen molar-refractivity contribution in [1.29, 1.82) is 0 Å². The quantitative estimate of drug-likeness (QED) is 0.828. The van der Waals surface area contributed by atoms with Gasteiger partial charge in [0.1, 0.15) is 10.7 Å². The number of hydrogen-bond acceptors (Lipinski definition) is 3. The molecule has 2 rings (SSSR count). The van der Waals surface area contributed by atoms with E-state index in [1.807, 2.05) is 0 Å². The first-order valence-corrected chi connectivity index (χ1v) is 7.98. The number of anilines is 2. The van der Waals surface area contributed by atoms with Gasteiger partial charge in [0.2, 0.25) is 0 Å². The summed E-state index contributed by atoms with van der Waals surface area (Å²) in [5.74, 6) is -0.547. The van der Waals surface area contributed by atoms with Gasteiger partial charge in [0.25, 0.3) is 10.0 Å². The third-order valence-corrected chi connectivity index (χ3v) is 4.95. The molecule has 0 aliphatic carbocycles. The fraction of sp³-hybridized carbons (Fsp3) is 0.0769. The van der Waals surface area contributed by atoms with Gasteiger partial charge in [0.05, 0.1) is 21.4 Å². The Bertz CT molecular complexity index is 790. The van der Waals surface area contributed by atoms with Crippen LogP contribution in [0.5, 0.6) is 0 Å². The van der Waals surface area contributed by atoms with Crippen LogP contribution in [0.4, 0.5) is 15.8 Å². The van der Waals surface area contributed by atoms with Gasteiger partial charge in [-0.15, -0.1) is 0 Å². The molecule has 0 spiro atoms. The van der Waals surface area contributed by atoms with Gasteiger partial charge in [-0.2, -0.15) is 0 Å². The van der Waals surface area contributed by atoms with Gasteiger partial charge in [-0.3, -0.25) is 4.72 Å². The molecular formula is C13H11Cl2FN2O2S. The molecule has 4 nitrogen and oxygen atoms in total. The Morgan fingerprint density at radius 1 is 1.19 bits per heavy atom. The second-order valence-electron chi connectivity index (χ2n) is 4.40. The van der Waals surface area contributed by atoms with Crippen LogP contribution in [0.1, 0.15) is 5.56 Å². The van der Waals surface area contributed by atoms with Gasteiger partial charge >= 0.3 is 0 Å². The first-order chi connectivity index (χ1) is 9.70. The highest BCUT2D eigenvalue weighted by molar-refractivity contribution is 7.92. The minimum Gasteiger partial charge on any atom is -0.396 e. The van der Waals surface area contributed by atoms with E-state index in [4.69, 9.17) is 28.9 Å². The molecule has 0 aromatic heterocycles. The lowest BCUT2D eigenvalue weighted by molar-refractivity contribution is 0.601. The van der Waals surface area contributed by atoms with E-state index in [9.17, 15) is 12.8 Å². The number of benzene rings is 2. The van der Waals surface area contributed by atoms with E-state index in [2.05, 4.69) is 4.72 Å². The maximum absolute atomic E-state index is 13.3. The minimum absolute atomic E-state index is 0.0309. The smallest absolute Gasteiger partial charge is 0.263 e. The van der Waals surface area contributed by atoms with Crippen LogP contribution < -0.4 is 10.5 Å². The van der Waals surface area contributed by atoms with Crippen molar-refractivity contribution in [3.05, 3.63) is 51.8 Å². The summed E-state index contributed by atoms with van der Waals surface area (Å²) < 4.78 is 40.1. The molecule has 3 N–H and O–H groups in total. The second kappa shape index (κ2) is 5.71. The fourth-order valence-electron chi connectivity index (χ4n) is 1.76. The summed E-state index contributed by atoms with van der Waals surface area (Å²) in [6.07, 6.45) is 0. The van der Waals surface area contributed by atoms with Gasteiger partial charge in [-0.25, -0.2) is 12.8 Å². The predicted molar refractivity (Wildman–Crippen MR) is 82.8 cm³/mol. The molecule has 0 saturated carbocycles. The average molecular weight is 349 g/mol. The van der Waals surface area contributed by atoms with Gasteiger partial charge in [-0.05, 0) is 42.8 Å². The van der Waals surface area contributed by atoms with Crippen LogP contribution in [0, 0.1) is 12.7 Å². The Morgan fingerprint density at radius 2 is 1.86 bits per heavy atom. The van der Waals surface area contributed by atoms with Crippen molar-refractivity contribution in [2.75, 3.05) is 10.5 Å². The zero-order valence-electron chi connectivity index (χ0n) is 10.8. The largest absolute Gasteiger partial charge is 0.396 e. The maximum Gasteiger partial charge on any atom is 0.263 e. The predicted octanol–water partition coefficient (Wildman–Crippen LogP) is 3.82. The molecule has 0 bridgehead atoms. The van der Waals surface area contributed by atoms with Gasteiger partial charge < -0.3 is 5.73 Å². The Labute approximate surface area is 131 Å². The van der Waals surface area contributed by atoms with Crippen molar-refractivity contribution < 1.29 is 12.8 Å². The summed E-state index contributed by atoms with van der Waals surface area (Å²) in [5, 5.41) is -0.0244. The third-order valence-electron chi connectivity index (χ3n) is 2.67. The van der Waals surface area contributed by atoms with Crippen LogP contribution in [0.25, 0.3) is 0 Å². The normalized spacial score (nSPS) is 11.4. The monoisotopic (exact) mass is 348 g/mol. The van der Waals surface area contributed by atoms with Gasteiger partial charge in [0, 0.05) is 0 Å². The number of nitrogens with one attached hydrogen (secondary N) is 1. The lowest BCUT2D eigenvalue weighted by Crippen LogP contribution is -2.14. The molecule has 0 aliphatic heterocycles. The molecule has 0 heterocycles. The molecule has 2 aromatic rings. The summed E-state index contributed by atoms with van der Waals surface area (Å²) in [6.45, 7) is 1.65. The van der Waals surface area contributed by atoms with Crippen molar-refractivity contribution in [3.63, 3.8) is 0 Å². The van der Waals surface area contributed by atoms with E-state index in [0.29, 0.717) is 5.56 Å². The van der Waals surface area contributed by atoms with Crippen LogP contribution in [0.2, 0.25) is 10.0 Å². The molecule has 0 amide bonds. The molecule has 0 radical (unpaired) electrons. The number of aryl methyl sites for hydroxylation is 1. The van der Waals surface area contributed by atoms with Crippen LogP contribution >= 0.6 is 23.2 Å². The molecule has 0 unspecified atom stereocenters. The highest BCUT2D eigenvalue weighted by atomic mass is 35.5. The highest BCUT2D eigenvalue weighted by Crippen LogP contribution is 2.34. The summed E-state index contributed by atoms with van der Waals surface area (Å²) in [6, 6.07) is 6.40. The number of rotatable bonds is 3. The summed E-state index contributed by atoms with van der Waals surface area (Å²) in [5.41, 5.74) is 6.25. The Hall–Kier alpha value is -1.50. The topological polar surface area (TPSA) is 72.2 Å². The second-order valence-corrected chi connectivity index (χ2v) is 6.83. The standard InChI is InChI=1S/C13H11Cl2FN2O2S/c1-7-4-8(16)6-9(5-7)18-21(19,20)11-3-2-10(14)13(17)12(11)15/h2-6,18H,17H2,1H3. The maximum atomic E-state index is 13.3. The van der Waals surface area contributed by atoms with Crippen molar-refractivity contribution in [2.45, 2.75) is 11.8 Å². The SMILES string of the molecule is Cc1cc(F)cc(NS(=O)(=O)c2ccc(Cl)c(N)c2Cl)c1. The van der Waals surface area contributed by atoms with Crippen LogP contribution in [-0.4, -0.2) is 8.42 Å². The van der Waals surface area contributed by atoms with E-state index in [1.165, 1.54) is 24.3 Å². The first kappa shape index (κ1) is 15.9. The van der Waals surface area contributed by atoms with Crippen LogP contribution in [0.3, 0.4) is 0 Å². The highest BCUT2D eigenvalue weighted by Gasteiger charge is 2.21. The zero-order valence-corrected chi connectivity index (χ0v) is 13.2. The fourth-order valence-corrected chi connectivity index (χ4v) is 3.57. The Morgan fingerprint density at radius 3 is 2.48 bits per heavy atom. The number of hydrogen-bond donors (Lipinski definition) is 2. The molecule has 112 valence electrons. The van der Waals surface area contributed by atoms with E-state index in [-0.39, 0.29) is 26.3 Å². The average Bonchev–Trinajstić information content (AvgIpc) is 2.33. The molecular weight excluding hydrogens is 338 g/mol. The number of nitrogens with two attached hydrogens (primary N) is 1. The van der Waals surface area contributed by atoms with Crippen molar-refractivity contribution >= 4 is 44.6 Å². The van der Waals surface area contributed by atoms with Crippen molar-refractivity contribution in [2.24, 2.45) is 0 Å². The molecule has 2 aromatic carbocycles. The Balaban J connectivity index is 2.46. The van der Waals surface area contributed by atoms with E-state index in [1.54, 1.807) is 6.92 Å². The van der Waals surface area contributed by atoms with E-state index in [0.717, 1.165) is 6.07 Å². The summed E-state index contributed by atoms with van der Waals surface area (Å²) in [4.78, 5) is -0.229. The lowest BCUT2D eigenvalue weighted by atomic mass is 10.2. The van der Waals surface area contributed by atoms with Crippen molar-refractivity contribution in [1.82, 2.24) is 0 Å². The minimum atomic E-state index is -4.00. The van der Waals surface area contributed by atoms with Crippen LogP contribution in [-0.2, 0) is 10.0 Å². The molecule has 0 fully saturated rings. The molecule has 0 saturated heterocycles. The molecule has 21 heavy (non-hydrogen) atoms. The third kappa shape index (κ3) is 3.40. The van der Waals surface area contributed by atoms with Crippen LogP contribution in [0.15, 0.2) is 35.2 Å².